The predicted octanol–water partition coefficient (Wildman–Crippen LogP) is 2.78. The predicted molar refractivity (Wildman–Crippen MR) is 82.0 cm³/mol. The van der Waals surface area contributed by atoms with Crippen LogP contribution in [0.25, 0.3) is 0 Å². The van der Waals surface area contributed by atoms with E-state index in [1.54, 1.807) is 11.9 Å². The SMILES string of the molecule is CNCC(=O)N(C)c1c(C)cc(C(C)(C)C)cc1C. The average Bonchev–Trinajstić information content (AvgIpc) is 2.26. The zero-order chi connectivity index (χ0) is 14.8. The third-order valence-corrected chi connectivity index (χ3v) is 3.39. The number of benzene rings is 1. The number of likely N-dealkylation sites (N-methyl/N-ethyl adjacent to an activating group) is 2. The number of anilines is 1. The lowest BCUT2D eigenvalue weighted by atomic mass is 9.84. The summed E-state index contributed by atoms with van der Waals surface area (Å²) in [6.45, 7) is 11.1. The Hall–Kier alpha value is -1.35. The molecule has 106 valence electrons. The number of rotatable bonds is 3. The minimum absolute atomic E-state index is 0.0807. The van der Waals surface area contributed by atoms with Gasteiger partial charge in [0.25, 0.3) is 0 Å². The maximum atomic E-state index is 12.0. The quantitative estimate of drug-likeness (QED) is 0.908. The van der Waals surface area contributed by atoms with E-state index < -0.39 is 0 Å². The van der Waals surface area contributed by atoms with Gasteiger partial charge in [0.15, 0.2) is 0 Å². The van der Waals surface area contributed by atoms with Crippen LogP contribution in [0.4, 0.5) is 5.69 Å². The van der Waals surface area contributed by atoms with Crippen LogP contribution in [0.2, 0.25) is 0 Å². The van der Waals surface area contributed by atoms with Gasteiger partial charge < -0.3 is 10.2 Å². The van der Waals surface area contributed by atoms with Crippen molar-refractivity contribution in [2.45, 2.75) is 40.0 Å². The molecule has 0 heterocycles. The van der Waals surface area contributed by atoms with E-state index in [9.17, 15) is 4.79 Å². The first-order valence-corrected chi connectivity index (χ1v) is 6.71. The van der Waals surface area contributed by atoms with Crippen molar-refractivity contribution in [1.29, 1.82) is 0 Å². The highest BCUT2D eigenvalue weighted by Crippen LogP contribution is 2.31. The maximum Gasteiger partial charge on any atom is 0.240 e. The van der Waals surface area contributed by atoms with Gasteiger partial charge in [0, 0.05) is 12.7 Å². The Morgan fingerprint density at radius 3 is 2.05 bits per heavy atom. The zero-order valence-corrected chi connectivity index (χ0v) is 13.2. The van der Waals surface area contributed by atoms with Gasteiger partial charge in [-0.3, -0.25) is 4.79 Å². The molecular weight excluding hydrogens is 236 g/mol. The average molecular weight is 262 g/mol. The van der Waals surface area contributed by atoms with Gasteiger partial charge in [-0.2, -0.15) is 0 Å². The van der Waals surface area contributed by atoms with E-state index in [1.165, 1.54) is 5.56 Å². The van der Waals surface area contributed by atoms with Crippen molar-refractivity contribution >= 4 is 11.6 Å². The fraction of sp³-hybridized carbons (Fsp3) is 0.562. The molecule has 0 aliphatic carbocycles. The normalized spacial score (nSPS) is 11.5. The second kappa shape index (κ2) is 5.74. The first-order chi connectivity index (χ1) is 8.68. The number of carbonyl (C=O) groups excluding carboxylic acids is 1. The molecule has 3 nitrogen and oxygen atoms in total. The van der Waals surface area contributed by atoms with E-state index in [4.69, 9.17) is 0 Å². The molecule has 0 saturated carbocycles. The summed E-state index contributed by atoms with van der Waals surface area (Å²) in [6.07, 6.45) is 0. The summed E-state index contributed by atoms with van der Waals surface area (Å²) in [5.74, 6) is 0.0807. The summed E-state index contributed by atoms with van der Waals surface area (Å²) in [5.41, 5.74) is 4.75. The van der Waals surface area contributed by atoms with E-state index >= 15 is 0 Å². The molecule has 0 radical (unpaired) electrons. The highest BCUT2D eigenvalue weighted by molar-refractivity contribution is 5.95. The van der Waals surface area contributed by atoms with Crippen LogP contribution in [-0.2, 0) is 10.2 Å². The number of hydrogen-bond acceptors (Lipinski definition) is 2. The highest BCUT2D eigenvalue weighted by atomic mass is 16.2. The van der Waals surface area contributed by atoms with Crippen molar-refractivity contribution in [3.63, 3.8) is 0 Å². The van der Waals surface area contributed by atoms with Crippen LogP contribution in [0.1, 0.15) is 37.5 Å². The molecule has 0 unspecified atom stereocenters. The Labute approximate surface area is 117 Å². The monoisotopic (exact) mass is 262 g/mol. The number of nitrogens with one attached hydrogen (secondary N) is 1. The van der Waals surface area contributed by atoms with Gasteiger partial charge in [-0.05, 0) is 43.0 Å². The number of carbonyl (C=O) groups is 1. The Bertz CT molecular complexity index is 449. The molecule has 0 aromatic heterocycles. The van der Waals surface area contributed by atoms with Crippen molar-refractivity contribution in [3.8, 4) is 0 Å². The van der Waals surface area contributed by atoms with Crippen LogP contribution >= 0.6 is 0 Å². The van der Waals surface area contributed by atoms with Crippen LogP contribution < -0.4 is 10.2 Å². The summed E-state index contributed by atoms with van der Waals surface area (Å²) in [4.78, 5) is 13.7. The topological polar surface area (TPSA) is 32.3 Å². The number of aryl methyl sites for hydroxylation is 2. The number of hydrogen-bond donors (Lipinski definition) is 1. The summed E-state index contributed by atoms with van der Waals surface area (Å²) >= 11 is 0. The summed E-state index contributed by atoms with van der Waals surface area (Å²) < 4.78 is 0. The van der Waals surface area contributed by atoms with E-state index in [0.717, 1.165) is 16.8 Å². The number of amides is 1. The molecule has 0 saturated heterocycles. The van der Waals surface area contributed by atoms with Crippen LogP contribution in [0, 0.1) is 13.8 Å². The first-order valence-electron chi connectivity index (χ1n) is 6.71. The molecule has 0 fully saturated rings. The Balaban J connectivity index is 3.21. The van der Waals surface area contributed by atoms with E-state index in [2.05, 4.69) is 52.1 Å². The lowest BCUT2D eigenvalue weighted by molar-refractivity contribution is -0.117. The molecule has 0 aliphatic heterocycles. The van der Waals surface area contributed by atoms with Gasteiger partial charge in [-0.25, -0.2) is 0 Å². The molecule has 0 atom stereocenters. The standard InChI is InChI=1S/C16H26N2O/c1-11-8-13(16(3,4)5)9-12(2)15(11)18(7)14(19)10-17-6/h8-9,17H,10H2,1-7H3. The van der Waals surface area contributed by atoms with E-state index in [-0.39, 0.29) is 11.3 Å². The van der Waals surface area contributed by atoms with Crippen LogP contribution in [0.15, 0.2) is 12.1 Å². The first kappa shape index (κ1) is 15.7. The molecule has 1 amide bonds. The van der Waals surface area contributed by atoms with E-state index in [0.29, 0.717) is 6.54 Å². The minimum atomic E-state index is 0.0807. The summed E-state index contributed by atoms with van der Waals surface area (Å²) in [7, 11) is 3.62. The maximum absolute atomic E-state index is 12.0. The largest absolute Gasteiger partial charge is 0.314 e. The Kier molecular flexibility index (Phi) is 4.75. The Morgan fingerprint density at radius 2 is 1.68 bits per heavy atom. The Morgan fingerprint density at radius 1 is 1.21 bits per heavy atom. The fourth-order valence-corrected chi connectivity index (χ4v) is 2.31. The van der Waals surface area contributed by atoms with Crippen LogP contribution in [-0.4, -0.2) is 26.5 Å². The molecule has 1 aromatic rings. The van der Waals surface area contributed by atoms with Gasteiger partial charge in [0.1, 0.15) is 0 Å². The zero-order valence-electron chi connectivity index (χ0n) is 13.2. The van der Waals surface area contributed by atoms with Gasteiger partial charge in [0.05, 0.1) is 6.54 Å². The number of nitrogens with zero attached hydrogens (tertiary/aromatic N) is 1. The van der Waals surface area contributed by atoms with Gasteiger partial charge >= 0.3 is 0 Å². The third kappa shape index (κ3) is 3.57. The summed E-state index contributed by atoms with van der Waals surface area (Å²) in [5, 5.41) is 2.90. The molecule has 1 N–H and O–H groups in total. The minimum Gasteiger partial charge on any atom is -0.314 e. The molecule has 0 bridgehead atoms. The molecule has 19 heavy (non-hydrogen) atoms. The lowest BCUT2D eigenvalue weighted by Crippen LogP contribution is -2.35. The van der Waals surface area contributed by atoms with E-state index in [1.807, 2.05) is 7.05 Å². The second-order valence-corrected chi connectivity index (χ2v) is 6.19. The molecule has 1 aromatic carbocycles. The molecule has 0 aliphatic rings. The van der Waals surface area contributed by atoms with Crippen molar-refractivity contribution < 1.29 is 4.79 Å². The summed E-state index contributed by atoms with van der Waals surface area (Å²) in [6, 6.07) is 4.37. The van der Waals surface area contributed by atoms with Gasteiger partial charge in [-0.15, -0.1) is 0 Å². The van der Waals surface area contributed by atoms with Crippen molar-refractivity contribution in [2.24, 2.45) is 0 Å². The third-order valence-electron chi connectivity index (χ3n) is 3.39. The molecule has 3 heteroatoms. The smallest absolute Gasteiger partial charge is 0.240 e. The molecule has 0 spiro atoms. The lowest BCUT2D eigenvalue weighted by Gasteiger charge is -2.26. The molecule has 1 rings (SSSR count). The van der Waals surface area contributed by atoms with Gasteiger partial charge in [-0.1, -0.05) is 32.9 Å². The highest BCUT2D eigenvalue weighted by Gasteiger charge is 2.19. The fourth-order valence-electron chi connectivity index (χ4n) is 2.31. The van der Waals surface area contributed by atoms with Gasteiger partial charge in [0.2, 0.25) is 5.91 Å². The van der Waals surface area contributed by atoms with Crippen molar-refractivity contribution in [3.05, 3.63) is 28.8 Å². The van der Waals surface area contributed by atoms with Crippen molar-refractivity contribution in [2.75, 3.05) is 25.5 Å². The van der Waals surface area contributed by atoms with Crippen molar-refractivity contribution in [1.82, 2.24) is 5.32 Å². The van der Waals surface area contributed by atoms with Crippen LogP contribution in [0.3, 0.4) is 0 Å². The second-order valence-electron chi connectivity index (χ2n) is 6.19. The molecular formula is C16H26N2O. The van der Waals surface area contributed by atoms with Crippen LogP contribution in [0.5, 0.6) is 0 Å².